The zero-order valence-electron chi connectivity index (χ0n) is 15.1. The van der Waals surface area contributed by atoms with Gasteiger partial charge in [0.15, 0.2) is 0 Å². The minimum Gasteiger partial charge on any atom is -0.248 e. The first kappa shape index (κ1) is 16.2. The number of hydrogen-bond acceptors (Lipinski definition) is 2. The number of pyridine rings is 1. The molecule has 1 heterocycles. The van der Waals surface area contributed by atoms with Crippen molar-refractivity contribution >= 4 is 21.8 Å². The predicted octanol–water partition coefficient (Wildman–Crippen LogP) is 6.59. The molecule has 0 unspecified atom stereocenters. The molecule has 4 aromatic carbocycles. The molecule has 0 spiro atoms. The lowest BCUT2D eigenvalue weighted by Gasteiger charge is -2.15. The summed E-state index contributed by atoms with van der Waals surface area (Å²) in [5.74, 6) is 0. The molecule has 2 nitrogen and oxygen atoms in total. The summed E-state index contributed by atoms with van der Waals surface area (Å²) in [6, 6.07) is 34.9. The Morgan fingerprint density at radius 3 is 1.86 bits per heavy atom. The standard InChI is InChI=1S/C26H16N2/c27-17-18-14-15-20(23(16-18)19-8-2-1-3-9-19)26-21-10-4-6-12-24(21)28-25-13-7-5-11-22(25)26/h1-16H. The van der Waals surface area contributed by atoms with E-state index < -0.39 is 0 Å². The van der Waals surface area contributed by atoms with E-state index in [0.717, 1.165) is 44.1 Å². The van der Waals surface area contributed by atoms with Gasteiger partial charge in [0, 0.05) is 16.3 Å². The number of nitrogens with zero attached hydrogens (tertiary/aromatic N) is 2. The second kappa shape index (κ2) is 6.64. The molecule has 0 radical (unpaired) electrons. The Bertz CT molecular complexity index is 1310. The maximum Gasteiger partial charge on any atom is 0.0991 e. The molecule has 28 heavy (non-hydrogen) atoms. The highest BCUT2D eigenvalue weighted by molar-refractivity contribution is 6.11. The van der Waals surface area contributed by atoms with E-state index in [0.29, 0.717) is 5.56 Å². The second-order valence-electron chi connectivity index (χ2n) is 6.76. The Labute approximate surface area is 163 Å². The topological polar surface area (TPSA) is 36.7 Å². The van der Waals surface area contributed by atoms with Crippen LogP contribution >= 0.6 is 0 Å². The van der Waals surface area contributed by atoms with Crippen LogP contribution in [0.3, 0.4) is 0 Å². The third-order valence-electron chi connectivity index (χ3n) is 5.09. The van der Waals surface area contributed by atoms with Crippen LogP contribution in [0.4, 0.5) is 0 Å². The fourth-order valence-electron chi connectivity index (χ4n) is 3.82. The number of para-hydroxylation sites is 2. The highest BCUT2D eigenvalue weighted by Gasteiger charge is 2.15. The average Bonchev–Trinajstić information content (AvgIpc) is 2.77. The van der Waals surface area contributed by atoms with Crippen LogP contribution in [0.2, 0.25) is 0 Å². The molecular weight excluding hydrogens is 340 g/mol. The van der Waals surface area contributed by atoms with Gasteiger partial charge in [-0.25, -0.2) is 4.98 Å². The van der Waals surface area contributed by atoms with Gasteiger partial charge < -0.3 is 0 Å². The molecule has 1 aromatic heterocycles. The molecular formula is C26H16N2. The van der Waals surface area contributed by atoms with Crippen molar-refractivity contribution in [3.05, 3.63) is 103 Å². The summed E-state index contributed by atoms with van der Waals surface area (Å²) in [6.45, 7) is 0. The van der Waals surface area contributed by atoms with Crippen LogP contribution in [0.25, 0.3) is 44.1 Å². The quantitative estimate of drug-likeness (QED) is 0.334. The smallest absolute Gasteiger partial charge is 0.0991 e. The third kappa shape index (κ3) is 2.62. The summed E-state index contributed by atoms with van der Waals surface area (Å²) in [4.78, 5) is 4.85. The van der Waals surface area contributed by atoms with Gasteiger partial charge in [0.25, 0.3) is 0 Å². The summed E-state index contributed by atoms with van der Waals surface area (Å²) in [5, 5.41) is 11.7. The monoisotopic (exact) mass is 356 g/mol. The third-order valence-corrected chi connectivity index (χ3v) is 5.09. The number of aromatic nitrogens is 1. The van der Waals surface area contributed by atoms with Crippen molar-refractivity contribution in [2.45, 2.75) is 0 Å². The zero-order valence-corrected chi connectivity index (χ0v) is 15.1. The van der Waals surface area contributed by atoms with Crippen LogP contribution in [0, 0.1) is 11.3 Å². The van der Waals surface area contributed by atoms with E-state index in [9.17, 15) is 5.26 Å². The highest BCUT2D eigenvalue weighted by atomic mass is 14.7. The van der Waals surface area contributed by atoms with Gasteiger partial charge in [0.1, 0.15) is 0 Å². The summed E-state index contributed by atoms with van der Waals surface area (Å²) >= 11 is 0. The molecule has 5 rings (SSSR count). The fourth-order valence-corrected chi connectivity index (χ4v) is 3.82. The van der Waals surface area contributed by atoms with E-state index in [-0.39, 0.29) is 0 Å². The molecule has 0 amide bonds. The van der Waals surface area contributed by atoms with Crippen LogP contribution in [-0.4, -0.2) is 4.98 Å². The number of nitriles is 1. The average molecular weight is 356 g/mol. The zero-order chi connectivity index (χ0) is 18.9. The first-order chi connectivity index (χ1) is 13.8. The van der Waals surface area contributed by atoms with E-state index in [1.54, 1.807) is 0 Å². The van der Waals surface area contributed by atoms with E-state index >= 15 is 0 Å². The van der Waals surface area contributed by atoms with Gasteiger partial charge in [-0.15, -0.1) is 0 Å². The lowest BCUT2D eigenvalue weighted by Crippen LogP contribution is -1.92. The second-order valence-corrected chi connectivity index (χ2v) is 6.76. The molecule has 5 aromatic rings. The van der Waals surface area contributed by atoms with Crippen molar-refractivity contribution in [3.8, 4) is 28.3 Å². The van der Waals surface area contributed by atoms with Crippen molar-refractivity contribution in [1.82, 2.24) is 4.98 Å². The van der Waals surface area contributed by atoms with Gasteiger partial charge in [0.2, 0.25) is 0 Å². The van der Waals surface area contributed by atoms with Gasteiger partial charge in [-0.1, -0.05) is 72.8 Å². The first-order valence-electron chi connectivity index (χ1n) is 9.22. The molecule has 0 aliphatic heterocycles. The van der Waals surface area contributed by atoms with Crippen molar-refractivity contribution in [3.63, 3.8) is 0 Å². The lowest BCUT2D eigenvalue weighted by atomic mass is 9.89. The Morgan fingerprint density at radius 2 is 1.21 bits per heavy atom. The maximum absolute atomic E-state index is 9.45. The lowest BCUT2D eigenvalue weighted by molar-refractivity contribution is 1.47. The predicted molar refractivity (Wildman–Crippen MR) is 115 cm³/mol. The largest absolute Gasteiger partial charge is 0.248 e. The summed E-state index contributed by atoms with van der Waals surface area (Å²) < 4.78 is 0. The van der Waals surface area contributed by atoms with Gasteiger partial charge in [-0.2, -0.15) is 5.26 Å². The molecule has 0 aliphatic rings. The maximum atomic E-state index is 9.45. The van der Waals surface area contributed by atoms with Gasteiger partial charge in [-0.3, -0.25) is 0 Å². The minimum absolute atomic E-state index is 0.658. The van der Waals surface area contributed by atoms with Crippen LogP contribution in [0.1, 0.15) is 5.56 Å². The Kier molecular flexibility index (Phi) is 3.85. The fraction of sp³-hybridized carbons (Fsp3) is 0. The molecule has 0 N–H and O–H groups in total. The number of benzene rings is 4. The summed E-state index contributed by atoms with van der Waals surface area (Å²) in [5.41, 5.74) is 7.02. The Morgan fingerprint density at radius 1 is 0.607 bits per heavy atom. The van der Waals surface area contributed by atoms with Crippen molar-refractivity contribution in [1.29, 1.82) is 5.26 Å². The number of rotatable bonds is 2. The summed E-state index contributed by atoms with van der Waals surface area (Å²) in [6.07, 6.45) is 0. The van der Waals surface area contributed by atoms with Crippen LogP contribution in [-0.2, 0) is 0 Å². The highest BCUT2D eigenvalue weighted by Crippen LogP contribution is 2.40. The van der Waals surface area contributed by atoms with Gasteiger partial charge in [0.05, 0.1) is 22.7 Å². The molecule has 0 atom stereocenters. The van der Waals surface area contributed by atoms with Crippen LogP contribution < -0.4 is 0 Å². The van der Waals surface area contributed by atoms with Crippen molar-refractivity contribution in [2.75, 3.05) is 0 Å². The van der Waals surface area contributed by atoms with Crippen molar-refractivity contribution < 1.29 is 0 Å². The molecule has 2 heteroatoms. The van der Waals surface area contributed by atoms with Gasteiger partial charge in [-0.05, 0) is 41.0 Å². The Balaban J connectivity index is 1.95. The minimum atomic E-state index is 0.658. The summed E-state index contributed by atoms with van der Waals surface area (Å²) in [7, 11) is 0. The number of fused-ring (bicyclic) bond motifs is 2. The van der Waals surface area contributed by atoms with E-state index in [1.807, 2.05) is 54.6 Å². The van der Waals surface area contributed by atoms with Crippen molar-refractivity contribution in [2.24, 2.45) is 0 Å². The molecule has 0 saturated carbocycles. The molecule has 0 saturated heterocycles. The van der Waals surface area contributed by atoms with Gasteiger partial charge >= 0.3 is 0 Å². The molecule has 0 fully saturated rings. The van der Waals surface area contributed by atoms with E-state index in [4.69, 9.17) is 4.98 Å². The first-order valence-corrected chi connectivity index (χ1v) is 9.22. The SMILES string of the molecule is N#Cc1ccc(-c2c3ccccc3nc3ccccc23)c(-c2ccccc2)c1. The van der Waals surface area contributed by atoms with E-state index in [1.165, 1.54) is 0 Å². The Hall–Kier alpha value is -3.96. The van der Waals surface area contributed by atoms with E-state index in [2.05, 4.69) is 48.5 Å². The normalized spacial score (nSPS) is 10.8. The van der Waals surface area contributed by atoms with Crippen LogP contribution in [0.5, 0.6) is 0 Å². The number of hydrogen-bond donors (Lipinski definition) is 0. The van der Waals surface area contributed by atoms with Crippen LogP contribution in [0.15, 0.2) is 97.1 Å². The molecule has 130 valence electrons. The molecule has 0 aliphatic carbocycles. The molecule has 0 bridgehead atoms.